The van der Waals surface area contributed by atoms with Gasteiger partial charge >= 0.3 is 0 Å². The molecule has 3 nitrogen and oxygen atoms in total. The normalized spacial score (nSPS) is 10.1. The van der Waals surface area contributed by atoms with Crippen LogP contribution >= 0.6 is 0 Å². The number of alkyl halides is 2. The number of Topliss-reactive ketones (excluding diaryl/α,β-unsaturated/α-hetero) is 1. The number of rotatable bonds is 4. The molecule has 0 amide bonds. The lowest BCUT2D eigenvalue weighted by molar-refractivity contribution is 0.0994. The summed E-state index contributed by atoms with van der Waals surface area (Å²) in [5, 5.41) is 8.76. The van der Waals surface area contributed by atoms with Gasteiger partial charge in [-0.05, 0) is 26.0 Å². The Balaban J connectivity index is 3.54. The zero-order valence-electron chi connectivity index (χ0n) is 9.46. The van der Waals surface area contributed by atoms with E-state index < -0.39 is 17.8 Å². The van der Waals surface area contributed by atoms with E-state index in [-0.39, 0.29) is 23.5 Å². The molecule has 0 atom stereocenters. The maximum absolute atomic E-state index is 12.9. The highest BCUT2D eigenvalue weighted by Crippen LogP contribution is 2.33. The first-order valence-electron chi connectivity index (χ1n) is 5.01. The molecule has 90 valence electrons. The van der Waals surface area contributed by atoms with Crippen molar-refractivity contribution in [2.24, 2.45) is 0 Å². The summed E-state index contributed by atoms with van der Waals surface area (Å²) >= 11 is 0. The van der Waals surface area contributed by atoms with Crippen LogP contribution in [0.2, 0.25) is 0 Å². The number of halogens is 2. The van der Waals surface area contributed by atoms with E-state index in [2.05, 4.69) is 0 Å². The van der Waals surface area contributed by atoms with Gasteiger partial charge in [-0.3, -0.25) is 4.79 Å². The summed E-state index contributed by atoms with van der Waals surface area (Å²) in [6.07, 6.45) is -2.89. The molecular weight excluding hydrogens is 228 g/mol. The summed E-state index contributed by atoms with van der Waals surface area (Å²) in [6.45, 7) is 3.11. The van der Waals surface area contributed by atoms with Gasteiger partial charge in [0.05, 0.1) is 23.8 Å². The topological polar surface area (TPSA) is 50.1 Å². The van der Waals surface area contributed by atoms with Gasteiger partial charge in [-0.25, -0.2) is 8.78 Å². The smallest absolute Gasteiger partial charge is 0.265 e. The third-order valence-electron chi connectivity index (χ3n) is 2.20. The van der Waals surface area contributed by atoms with Crippen molar-refractivity contribution in [3.63, 3.8) is 0 Å². The summed E-state index contributed by atoms with van der Waals surface area (Å²) in [5.74, 6) is -0.449. The first-order valence-corrected chi connectivity index (χ1v) is 5.01. The molecule has 1 aromatic rings. The Morgan fingerprint density at radius 3 is 2.59 bits per heavy atom. The summed E-state index contributed by atoms with van der Waals surface area (Å²) in [6, 6.07) is 4.25. The highest BCUT2D eigenvalue weighted by molar-refractivity contribution is 5.99. The second kappa shape index (κ2) is 5.39. The molecule has 0 aromatic heterocycles. The van der Waals surface area contributed by atoms with E-state index in [4.69, 9.17) is 10.00 Å². The van der Waals surface area contributed by atoms with Crippen LogP contribution in [-0.4, -0.2) is 12.4 Å². The lowest BCUT2D eigenvalue weighted by Gasteiger charge is -2.13. The second-order valence-electron chi connectivity index (χ2n) is 3.30. The summed E-state index contributed by atoms with van der Waals surface area (Å²) in [5.41, 5.74) is -0.958. The number of carbonyl (C=O) groups is 1. The van der Waals surface area contributed by atoms with Crippen molar-refractivity contribution in [1.29, 1.82) is 5.26 Å². The van der Waals surface area contributed by atoms with E-state index >= 15 is 0 Å². The van der Waals surface area contributed by atoms with E-state index in [0.29, 0.717) is 0 Å². The molecule has 5 heteroatoms. The zero-order valence-corrected chi connectivity index (χ0v) is 9.46. The fourth-order valence-corrected chi connectivity index (χ4v) is 1.56. The maximum atomic E-state index is 12.9. The van der Waals surface area contributed by atoms with Crippen LogP contribution in [0.4, 0.5) is 8.78 Å². The third kappa shape index (κ3) is 2.59. The zero-order chi connectivity index (χ0) is 13.0. The van der Waals surface area contributed by atoms with Gasteiger partial charge in [-0.15, -0.1) is 0 Å². The van der Waals surface area contributed by atoms with Crippen LogP contribution in [0.25, 0.3) is 0 Å². The molecule has 1 rings (SSSR count). The van der Waals surface area contributed by atoms with Crippen LogP contribution in [-0.2, 0) is 0 Å². The molecule has 0 N–H and O–H groups in total. The minimum absolute atomic E-state index is 0.0919. The second-order valence-corrected chi connectivity index (χ2v) is 3.30. The molecule has 0 bridgehead atoms. The van der Waals surface area contributed by atoms with Crippen molar-refractivity contribution >= 4 is 5.78 Å². The summed E-state index contributed by atoms with van der Waals surface area (Å²) < 4.78 is 30.9. The number of nitriles is 1. The SMILES string of the molecule is CCOc1ccc(C#N)c(C(F)F)c1C(C)=O. The van der Waals surface area contributed by atoms with Crippen LogP contribution < -0.4 is 4.74 Å². The highest BCUT2D eigenvalue weighted by Gasteiger charge is 2.24. The Bertz CT molecular complexity index is 478. The Labute approximate surface area is 97.6 Å². The fraction of sp³-hybridized carbons (Fsp3) is 0.333. The van der Waals surface area contributed by atoms with Gasteiger partial charge in [-0.2, -0.15) is 5.26 Å². The molecule has 0 aliphatic carbocycles. The first-order chi connectivity index (χ1) is 8.02. The minimum atomic E-state index is -2.89. The molecule has 0 saturated carbocycles. The van der Waals surface area contributed by atoms with Crippen molar-refractivity contribution in [2.75, 3.05) is 6.61 Å². The van der Waals surface area contributed by atoms with Gasteiger partial charge in [0.2, 0.25) is 0 Å². The van der Waals surface area contributed by atoms with E-state index in [1.165, 1.54) is 19.1 Å². The Hall–Kier alpha value is -1.96. The Morgan fingerprint density at radius 1 is 1.53 bits per heavy atom. The molecule has 0 aliphatic heterocycles. The lowest BCUT2D eigenvalue weighted by Crippen LogP contribution is -2.07. The van der Waals surface area contributed by atoms with Crippen LogP contribution in [0.15, 0.2) is 12.1 Å². The quantitative estimate of drug-likeness (QED) is 0.758. The lowest BCUT2D eigenvalue weighted by atomic mass is 9.98. The Kier molecular flexibility index (Phi) is 4.16. The van der Waals surface area contributed by atoms with Gasteiger partial charge in [0, 0.05) is 5.56 Å². The molecule has 0 fully saturated rings. The van der Waals surface area contributed by atoms with Crippen molar-refractivity contribution in [2.45, 2.75) is 20.3 Å². The molecule has 0 aliphatic rings. The van der Waals surface area contributed by atoms with Crippen molar-refractivity contribution in [3.05, 3.63) is 28.8 Å². The molecule has 0 spiro atoms. The van der Waals surface area contributed by atoms with Crippen molar-refractivity contribution < 1.29 is 18.3 Å². The largest absolute Gasteiger partial charge is 0.493 e. The number of hydrogen-bond acceptors (Lipinski definition) is 3. The van der Waals surface area contributed by atoms with E-state index in [1.807, 2.05) is 0 Å². The highest BCUT2D eigenvalue weighted by atomic mass is 19.3. The number of carbonyl (C=O) groups excluding carboxylic acids is 1. The van der Waals surface area contributed by atoms with Crippen molar-refractivity contribution in [3.8, 4) is 11.8 Å². The van der Waals surface area contributed by atoms with E-state index in [0.717, 1.165) is 0 Å². The molecule has 1 aromatic carbocycles. The molecular formula is C12H11F2NO2. The van der Waals surface area contributed by atoms with Gasteiger partial charge < -0.3 is 4.74 Å². The van der Waals surface area contributed by atoms with Crippen LogP contribution in [0.5, 0.6) is 5.75 Å². The predicted molar refractivity (Wildman–Crippen MR) is 57.3 cm³/mol. The average molecular weight is 239 g/mol. The van der Waals surface area contributed by atoms with Crippen molar-refractivity contribution in [1.82, 2.24) is 0 Å². The number of benzene rings is 1. The van der Waals surface area contributed by atoms with E-state index in [1.54, 1.807) is 13.0 Å². The van der Waals surface area contributed by atoms with Gasteiger partial charge in [0.15, 0.2) is 5.78 Å². The summed E-state index contributed by atoms with van der Waals surface area (Å²) in [7, 11) is 0. The average Bonchev–Trinajstić information content (AvgIpc) is 2.28. The number of hydrogen-bond donors (Lipinski definition) is 0. The third-order valence-corrected chi connectivity index (χ3v) is 2.20. The van der Waals surface area contributed by atoms with Crippen LogP contribution in [0, 0.1) is 11.3 Å². The van der Waals surface area contributed by atoms with E-state index in [9.17, 15) is 13.6 Å². The predicted octanol–water partition coefficient (Wildman–Crippen LogP) is 3.10. The first kappa shape index (κ1) is 13.1. The van der Waals surface area contributed by atoms with Crippen LogP contribution in [0.3, 0.4) is 0 Å². The van der Waals surface area contributed by atoms with Gasteiger partial charge in [0.1, 0.15) is 5.75 Å². The standard InChI is InChI=1S/C12H11F2NO2/c1-3-17-9-5-4-8(6-15)11(12(13)14)10(9)7(2)16/h4-5,12H,3H2,1-2H3. The molecule has 0 heterocycles. The van der Waals surface area contributed by atoms with Gasteiger partial charge in [0.25, 0.3) is 6.43 Å². The Morgan fingerprint density at radius 2 is 2.18 bits per heavy atom. The monoisotopic (exact) mass is 239 g/mol. The molecule has 0 saturated heterocycles. The molecule has 0 radical (unpaired) electrons. The fourth-order valence-electron chi connectivity index (χ4n) is 1.56. The maximum Gasteiger partial charge on any atom is 0.265 e. The minimum Gasteiger partial charge on any atom is -0.493 e. The summed E-state index contributed by atoms with van der Waals surface area (Å²) in [4.78, 5) is 11.4. The van der Waals surface area contributed by atoms with Crippen LogP contribution in [0.1, 0.15) is 41.8 Å². The molecule has 0 unspecified atom stereocenters. The number of ether oxygens (including phenoxy) is 1. The number of nitrogens with zero attached hydrogens (tertiary/aromatic N) is 1. The van der Waals surface area contributed by atoms with Gasteiger partial charge in [-0.1, -0.05) is 0 Å². The number of ketones is 1. The molecule has 17 heavy (non-hydrogen) atoms.